The molecule has 6 nitrogen and oxygen atoms in total. The summed E-state index contributed by atoms with van der Waals surface area (Å²) in [6.45, 7) is 1.12. The molecule has 1 aliphatic rings. The van der Waals surface area contributed by atoms with Gasteiger partial charge in [-0.05, 0) is 25.0 Å². The monoisotopic (exact) mass is 332 g/mol. The molecule has 1 saturated heterocycles. The number of hydrogen-bond acceptors (Lipinski definition) is 6. The van der Waals surface area contributed by atoms with E-state index in [-0.39, 0.29) is 11.9 Å². The summed E-state index contributed by atoms with van der Waals surface area (Å²) in [5.74, 6) is -0.0295. The van der Waals surface area contributed by atoms with E-state index < -0.39 is 6.10 Å². The Morgan fingerprint density at radius 2 is 2.26 bits per heavy atom. The van der Waals surface area contributed by atoms with E-state index in [0.717, 1.165) is 29.1 Å². The van der Waals surface area contributed by atoms with Crippen LogP contribution in [0.1, 0.15) is 17.8 Å². The van der Waals surface area contributed by atoms with Crippen molar-refractivity contribution in [2.75, 3.05) is 13.1 Å². The number of carbonyl (C=O) groups excluding carboxylic acids is 1. The van der Waals surface area contributed by atoms with E-state index >= 15 is 0 Å². The van der Waals surface area contributed by atoms with Crippen molar-refractivity contribution in [3.05, 3.63) is 34.9 Å². The molecular formula is C16H20N4O2S. The number of aliphatic hydroxyl groups excluding tert-OH is 1. The van der Waals surface area contributed by atoms with Crippen LogP contribution >= 0.6 is 11.3 Å². The number of aliphatic hydroxyl groups is 1. The molecule has 3 rings (SSSR count). The topological polar surface area (TPSA) is 87.1 Å². The number of pyridine rings is 1. The van der Waals surface area contributed by atoms with E-state index in [1.165, 1.54) is 0 Å². The molecule has 23 heavy (non-hydrogen) atoms. The lowest BCUT2D eigenvalue weighted by atomic mass is 10.2. The van der Waals surface area contributed by atoms with Crippen molar-refractivity contribution < 1.29 is 9.90 Å². The molecule has 0 spiro atoms. The number of carbonyl (C=O) groups is 1. The van der Waals surface area contributed by atoms with Crippen molar-refractivity contribution in [3.8, 4) is 11.3 Å². The molecule has 0 bridgehead atoms. The predicted molar refractivity (Wildman–Crippen MR) is 89.1 cm³/mol. The first-order chi connectivity index (χ1) is 11.2. The fourth-order valence-electron chi connectivity index (χ4n) is 2.57. The summed E-state index contributed by atoms with van der Waals surface area (Å²) in [4.78, 5) is 20.5. The van der Waals surface area contributed by atoms with Crippen LogP contribution in [0.2, 0.25) is 0 Å². The second-order valence-electron chi connectivity index (χ2n) is 5.61. The second kappa shape index (κ2) is 7.63. The average Bonchev–Trinajstić information content (AvgIpc) is 3.21. The molecule has 3 heterocycles. The van der Waals surface area contributed by atoms with Gasteiger partial charge >= 0.3 is 0 Å². The summed E-state index contributed by atoms with van der Waals surface area (Å²) in [5, 5.41) is 18.4. The number of hydrogen-bond donors (Lipinski definition) is 3. The number of β-amino-alcohol motifs (C(OH)–C–C–N with tert-alkyl or cyclic N) is 1. The van der Waals surface area contributed by atoms with Gasteiger partial charge in [-0.3, -0.25) is 9.78 Å². The van der Waals surface area contributed by atoms with Crippen LogP contribution in [0.4, 0.5) is 0 Å². The van der Waals surface area contributed by atoms with E-state index in [2.05, 4.69) is 20.6 Å². The molecule has 1 fully saturated rings. The molecule has 7 heteroatoms. The van der Waals surface area contributed by atoms with Crippen LogP contribution in [0, 0.1) is 0 Å². The van der Waals surface area contributed by atoms with Gasteiger partial charge in [-0.25, -0.2) is 4.98 Å². The highest BCUT2D eigenvalue weighted by atomic mass is 32.1. The molecule has 122 valence electrons. The van der Waals surface area contributed by atoms with Gasteiger partial charge in [0.05, 0.1) is 22.8 Å². The molecule has 1 aliphatic heterocycles. The molecule has 1 amide bonds. The maximum atomic E-state index is 11.9. The normalized spacial score (nSPS) is 20.6. The lowest BCUT2D eigenvalue weighted by Gasteiger charge is -2.10. The minimum atomic E-state index is -0.410. The number of amides is 1. The van der Waals surface area contributed by atoms with Crippen LogP contribution in [0.15, 0.2) is 29.9 Å². The first-order valence-corrected chi connectivity index (χ1v) is 8.64. The highest BCUT2D eigenvalue weighted by Gasteiger charge is 2.27. The summed E-state index contributed by atoms with van der Waals surface area (Å²) in [5.41, 5.74) is 2.04. The van der Waals surface area contributed by atoms with E-state index in [1.807, 2.05) is 17.5 Å². The quantitative estimate of drug-likeness (QED) is 0.686. The number of aryl methyl sites for hydroxylation is 1. The fraction of sp³-hybridized carbons (Fsp3) is 0.438. The van der Waals surface area contributed by atoms with E-state index in [9.17, 15) is 9.90 Å². The number of nitrogens with one attached hydrogen (secondary N) is 2. The lowest BCUT2D eigenvalue weighted by Crippen LogP contribution is -2.40. The first kappa shape index (κ1) is 16.0. The largest absolute Gasteiger partial charge is 0.392 e. The molecule has 3 N–H and O–H groups in total. The van der Waals surface area contributed by atoms with Gasteiger partial charge in [0.25, 0.3) is 0 Å². The van der Waals surface area contributed by atoms with E-state index in [0.29, 0.717) is 19.5 Å². The van der Waals surface area contributed by atoms with Gasteiger partial charge in [-0.15, -0.1) is 11.3 Å². The van der Waals surface area contributed by atoms with Crippen molar-refractivity contribution in [1.29, 1.82) is 0 Å². The molecule has 0 unspecified atom stereocenters. The number of nitrogens with zero attached hydrogens (tertiary/aromatic N) is 2. The summed E-state index contributed by atoms with van der Waals surface area (Å²) < 4.78 is 0. The molecule has 2 aromatic rings. The molecule has 2 atom stereocenters. The summed E-state index contributed by atoms with van der Waals surface area (Å²) >= 11 is 1.64. The third-order valence-electron chi connectivity index (χ3n) is 3.82. The van der Waals surface area contributed by atoms with Crippen LogP contribution in [0.3, 0.4) is 0 Å². The Morgan fingerprint density at radius 3 is 3.00 bits per heavy atom. The second-order valence-corrected chi connectivity index (χ2v) is 6.55. The van der Waals surface area contributed by atoms with Gasteiger partial charge < -0.3 is 15.7 Å². The Kier molecular flexibility index (Phi) is 5.32. The van der Waals surface area contributed by atoms with Gasteiger partial charge in [0.2, 0.25) is 5.91 Å². The van der Waals surface area contributed by atoms with E-state index in [1.54, 1.807) is 23.7 Å². The summed E-state index contributed by atoms with van der Waals surface area (Å²) in [6.07, 6.45) is 5.30. The molecular weight excluding hydrogens is 312 g/mol. The highest BCUT2D eigenvalue weighted by molar-refractivity contribution is 7.09. The van der Waals surface area contributed by atoms with Crippen molar-refractivity contribution >= 4 is 17.2 Å². The van der Waals surface area contributed by atoms with Crippen molar-refractivity contribution in [1.82, 2.24) is 20.6 Å². The fourth-order valence-corrected chi connectivity index (χ4v) is 3.42. The predicted octanol–water partition coefficient (Wildman–Crippen LogP) is 0.977. The maximum absolute atomic E-state index is 11.9. The molecule has 0 aliphatic carbocycles. The Balaban J connectivity index is 1.41. The van der Waals surface area contributed by atoms with Crippen LogP contribution in [-0.2, 0) is 11.2 Å². The Hall–Kier alpha value is -1.83. The zero-order valence-electron chi connectivity index (χ0n) is 12.7. The molecule has 2 aromatic heterocycles. The van der Waals surface area contributed by atoms with Crippen LogP contribution in [0.5, 0.6) is 0 Å². The average molecular weight is 332 g/mol. The standard InChI is InChI=1S/C16H20N4O2S/c21-12-8-13(19-9-12)16(22)18-5-1-2-15-20-14(10-23-15)11-3-6-17-7-4-11/h3-4,6-7,10,12-13,19,21H,1-2,5,8-9H2,(H,18,22)/t12-,13+/m0/s1. The van der Waals surface area contributed by atoms with Gasteiger partial charge in [-0.2, -0.15) is 0 Å². The zero-order valence-corrected chi connectivity index (χ0v) is 13.6. The van der Waals surface area contributed by atoms with Crippen LogP contribution in [0.25, 0.3) is 11.3 Å². The SMILES string of the molecule is O=C(NCCCc1nc(-c2ccncc2)cs1)[C@H]1C[C@H](O)CN1. The Bertz CT molecular complexity index is 647. The van der Waals surface area contributed by atoms with Crippen molar-refractivity contribution in [2.24, 2.45) is 0 Å². The Labute approximate surface area is 139 Å². The third-order valence-corrected chi connectivity index (χ3v) is 4.73. The maximum Gasteiger partial charge on any atom is 0.237 e. The van der Waals surface area contributed by atoms with Gasteiger partial charge in [0, 0.05) is 42.8 Å². The van der Waals surface area contributed by atoms with Crippen molar-refractivity contribution in [2.45, 2.75) is 31.4 Å². The minimum Gasteiger partial charge on any atom is -0.392 e. The van der Waals surface area contributed by atoms with Crippen LogP contribution in [-0.4, -0.2) is 46.2 Å². The van der Waals surface area contributed by atoms with E-state index in [4.69, 9.17) is 0 Å². The number of aromatic nitrogens is 2. The van der Waals surface area contributed by atoms with Gasteiger partial charge in [0.15, 0.2) is 0 Å². The minimum absolute atomic E-state index is 0.0295. The molecule has 0 aromatic carbocycles. The molecule has 0 radical (unpaired) electrons. The first-order valence-electron chi connectivity index (χ1n) is 7.76. The highest BCUT2D eigenvalue weighted by Crippen LogP contribution is 2.21. The Morgan fingerprint density at radius 1 is 1.43 bits per heavy atom. The molecule has 0 saturated carbocycles. The zero-order chi connectivity index (χ0) is 16.1. The smallest absolute Gasteiger partial charge is 0.237 e. The third kappa shape index (κ3) is 4.34. The van der Waals surface area contributed by atoms with Gasteiger partial charge in [-0.1, -0.05) is 0 Å². The van der Waals surface area contributed by atoms with Crippen molar-refractivity contribution in [3.63, 3.8) is 0 Å². The number of rotatable bonds is 6. The summed E-state index contributed by atoms with van der Waals surface area (Å²) in [6, 6.07) is 3.63. The summed E-state index contributed by atoms with van der Waals surface area (Å²) in [7, 11) is 0. The van der Waals surface area contributed by atoms with Crippen LogP contribution < -0.4 is 10.6 Å². The van der Waals surface area contributed by atoms with Gasteiger partial charge in [0.1, 0.15) is 0 Å². The number of thiazole rings is 1. The lowest BCUT2D eigenvalue weighted by molar-refractivity contribution is -0.122.